The number of rotatable bonds is 4. The molecule has 0 bridgehead atoms. The Balaban J connectivity index is 1.88. The highest BCUT2D eigenvalue weighted by Crippen LogP contribution is 2.37. The fraction of sp³-hybridized carbons (Fsp3) is 0.467. The largest absolute Gasteiger partial charge is 0.497 e. The lowest BCUT2D eigenvalue weighted by Crippen LogP contribution is -2.38. The van der Waals surface area contributed by atoms with Crippen molar-refractivity contribution in [2.24, 2.45) is 0 Å². The zero-order valence-corrected chi connectivity index (χ0v) is 12.5. The molecule has 0 N–H and O–H groups in total. The van der Waals surface area contributed by atoms with Crippen molar-refractivity contribution >= 4 is 5.69 Å². The van der Waals surface area contributed by atoms with Gasteiger partial charge < -0.3 is 18.9 Å². The molecule has 0 saturated carbocycles. The molecule has 21 heavy (non-hydrogen) atoms. The van der Waals surface area contributed by atoms with Crippen LogP contribution in [-0.4, -0.2) is 29.9 Å². The summed E-state index contributed by atoms with van der Waals surface area (Å²) in [6.07, 6.45) is 0.861. The van der Waals surface area contributed by atoms with Crippen molar-refractivity contribution < 1.29 is 14.0 Å². The van der Waals surface area contributed by atoms with Crippen molar-refractivity contribution in [3.63, 3.8) is 0 Å². The van der Waals surface area contributed by atoms with Crippen LogP contribution in [0.1, 0.15) is 25.6 Å². The maximum absolute atomic E-state index is 5.86. The van der Waals surface area contributed by atoms with Gasteiger partial charge in [0.15, 0.2) is 5.82 Å². The van der Waals surface area contributed by atoms with Gasteiger partial charge in [-0.1, -0.05) is 12.1 Å². The molecule has 2 aromatic rings. The van der Waals surface area contributed by atoms with Crippen molar-refractivity contribution in [3.8, 4) is 11.5 Å². The van der Waals surface area contributed by atoms with E-state index in [1.807, 2.05) is 32.0 Å². The molecule has 1 atom stereocenters. The topological polar surface area (TPSA) is 60.6 Å². The van der Waals surface area contributed by atoms with E-state index < -0.39 is 0 Å². The number of aryl methyl sites for hydroxylation is 1. The number of benzene rings is 1. The summed E-state index contributed by atoms with van der Waals surface area (Å²) in [6.45, 7) is 5.41. The molecule has 0 fully saturated rings. The SMILES string of the molecule is CCc1nc(CN2C[C@@H](C)Oc3ccc(OC)cc32)no1. The van der Waals surface area contributed by atoms with Gasteiger partial charge in [0.1, 0.15) is 17.6 Å². The summed E-state index contributed by atoms with van der Waals surface area (Å²) >= 11 is 0. The zero-order valence-electron chi connectivity index (χ0n) is 12.5. The molecule has 1 aromatic carbocycles. The van der Waals surface area contributed by atoms with E-state index in [9.17, 15) is 0 Å². The molecular formula is C15H19N3O3. The van der Waals surface area contributed by atoms with Crippen LogP contribution in [0.4, 0.5) is 5.69 Å². The molecule has 0 spiro atoms. The number of hydrogen-bond donors (Lipinski definition) is 0. The first kappa shape index (κ1) is 13.7. The third-order valence-corrected chi connectivity index (χ3v) is 3.46. The highest BCUT2D eigenvalue weighted by atomic mass is 16.5. The van der Waals surface area contributed by atoms with Crippen LogP contribution in [0.25, 0.3) is 0 Å². The van der Waals surface area contributed by atoms with Gasteiger partial charge >= 0.3 is 0 Å². The predicted molar refractivity (Wildman–Crippen MR) is 77.8 cm³/mol. The first-order chi connectivity index (χ1) is 10.2. The maximum Gasteiger partial charge on any atom is 0.226 e. The molecule has 0 radical (unpaired) electrons. The van der Waals surface area contributed by atoms with E-state index in [0.29, 0.717) is 18.3 Å². The Hall–Kier alpha value is -2.24. The van der Waals surface area contributed by atoms with Gasteiger partial charge in [0.25, 0.3) is 0 Å². The molecule has 6 nitrogen and oxygen atoms in total. The van der Waals surface area contributed by atoms with Gasteiger partial charge in [-0.2, -0.15) is 4.98 Å². The van der Waals surface area contributed by atoms with E-state index in [4.69, 9.17) is 14.0 Å². The average molecular weight is 289 g/mol. The molecule has 0 unspecified atom stereocenters. The number of ether oxygens (including phenoxy) is 2. The third kappa shape index (κ3) is 2.79. The molecule has 0 saturated heterocycles. The van der Waals surface area contributed by atoms with Crippen LogP contribution in [0.3, 0.4) is 0 Å². The quantitative estimate of drug-likeness (QED) is 0.861. The number of hydrogen-bond acceptors (Lipinski definition) is 6. The molecule has 2 heterocycles. The Morgan fingerprint density at radius 1 is 1.43 bits per heavy atom. The number of aromatic nitrogens is 2. The van der Waals surface area contributed by atoms with Crippen molar-refractivity contribution in [3.05, 3.63) is 29.9 Å². The minimum Gasteiger partial charge on any atom is -0.497 e. The second-order valence-corrected chi connectivity index (χ2v) is 5.10. The van der Waals surface area contributed by atoms with E-state index in [2.05, 4.69) is 15.0 Å². The second-order valence-electron chi connectivity index (χ2n) is 5.10. The maximum atomic E-state index is 5.86. The Bertz CT molecular complexity index is 626. The van der Waals surface area contributed by atoms with E-state index in [0.717, 1.165) is 30.2 Å². The summed E-state index contributed by atoms with van der Waals surface area (Å²) in [5.74, 6) is 3.01. The average Bonchev–Trinajstić information content (AvgIpc) is 2.94. The van der Waals surface area contributed by atoms with Crippen molar-refractivity contribution in [2.75, 3.05) is 18.6 Å². The molecular weight excluding hydrogens is 270 g/mol. The summed E-state index contributed by atoms with van der Waals surface area (Å²) in [5, 5.41) is 4.02. The molecule has 1 aliphatic rings. The summed E-state index contributed by atoms with van der Waals surface area (Å²) in [6, 6.07) is 5.81. The molecule has 1 aliphatic heterocycles. The van der Waals surface area contributed by atoms with E-state index in [1.54, 1.807) is 7.11 Å². The highest BCUT2D eigenvalue weighted by Gasteiger charge is 2.24. The van der Waals surface area contributed by atoms with E-state index in [1.165, 1.54) is 0 Å². The third-order valence-electron chi connectivity index (χ3n) is 3.46. The molecule has 1 aromatic heterocycles. The van der Waals surface area contributed by atoms with Gasteiger partial charge in [0, 0.05) is 12.5 Å². The summed E-state index contributed by atoms with van der Waals surface area (Å²) in [4.78, 5) is 6.56. The summed E-state index contributed by atoms with van der Waals surface area (Å²) < 4.78 is 16.3. The Morgan fingerprint density at radius 3 is 3.00 bits per heavy atom. The normalized spacial score (nSPS) is 17.3. The van der Waals surface area contributed by atoms with Crippen LogP contribution in [-0.2, 0) is 13.0 Å². The fourth-order valence-corrected chi connectivity index (χ4v) is 2.45. The monoisotopic (exact) mass is 289 g/mol. The Kier molecular flexibility index (Phi) is 3.68. The highest BCUT2D eigenvalue weighted by molar-refractivity contribution is 5.63. The van der Waals surface area contributed by atoms with Gasteiger partial charge in [-0.15, -0.1) is 0 Å². The van der Waals surface area contributed by atoms with Gasteiger partial charge in [-0.25, -0.2) is 0 Å². The lowest BCUT2D eigenvalue weighted by molar-refractivity contribution is 0.211. The van der Waals surface area contributed by atoms with Gasteiger partial charge in [0.05, 0.1) is 25.9 Å². The van der Waals surface area contributed by atoms with Crippen molar-refractivity contribution in [1.82, 2.24) is 10.1 Å². The number of fused-ring (bicyclic) bond motifs is 1. The van der Waals surface area contributed by atoms with Crippen LogP contribution in [0.15, 0.2) is 22.7 Å². The van der Waals surface area contributed by atoms with Crippen LogP contribution in [0.2, 0.25) is 0 Å². The standard InChI is InChI=1S/C15H19N3O3/c1-4-15-16-14(17-21-15)9-18-8-10(2)20-13-6-5-11(19-3)7-12(13)18/h5-7,10H,4,8-9H2,1-3H3/t10-/m1/s1. The van der Waals surface area contributed by atoms with E-state index in [-0.39, 0.29) is 6.10 Å². The predicted octanol–water partition coefficient (Wildman–Crippen LogP) is 2.43. The second kappa shape index (κ2) is 5.63. The van der Waals surface area contributed by atoms with Gasteiger partial charge in [-0.05, 0) is 19.1 Å². The smallest absolute Gasteiger partial charge is 0.226 e. The lowest BCUT2D eigenvalue weighted by atomic mass is 10.2. The lowest BCUT2D eigenvalue weighted by Gasteiger charge is -2.34. The van der Waals surface area contributed by atoms with Crippen LogP contribution in [0, 0.1) is 0 Å². The summed E-state index contributed by atoms with van der Waals surface area (Å²) in [7, 11) is 1.66. The minimum atomic E-state index is 0.114. The van der Waals surface area contributed by atoms with Gasteiger partial charge in [0.2, 0.25) is 5.89 Å². The number of methoxy groups -OCH3 is 1. The molecule has 0 aliphatic carbocycles. The van der Waals surface area contributed by atoms with Crippen molar-refractivity contribution in [2.45, 2.75) is 32.9 Å². The minimum absolute atomic E-state index is 0.114. The van der Waals surface area contributed by atoms with Crippen molar-refractivity contribution in [1.29, 1.82) is 0 Å². The first-order valence-corrected chi connectivity index (χ1v) is 7.10. The summed E-state index contributed by atoms with van der Waals surface area (Å²) in [5.41, 5.74) is 0.996. The van der Waals surface area contributed by atoms with Gasteiger partial charge in [-0.3, -0.25) is 0 Å². The Morgan fingerprint density at radius 2 is 2.29 bits per heavy atom. The molecule has 112 valence electrons. The molecule has 3 rings (SSSR count). The first-order valence-electron chi connectivity index (χ1n) is 7.10. The van der Waals surface area contributed by atoms with E-state index >= 15 is 0 Å². The molecule has 6 heteroatoms. The van der Waals surface area contributed by atoms with Crippen LogP contribution in [0.5, 0.6) is 11.5 Å². The van der Waals surface area contributed by atoms with Crippen LogP contribution >= 0.6 is 0 Å². The number of nitrogens with zero attached hydrogens (tertiary/aromatic N) is 3. The fourth-order valence-electron chi connectivity index (χ4n) is 2.45. The van der Waals surface area contributed by atoms with Crippen LogP contribution < -0.4 is 14.4 Å². The zero-order chi connectivity index (χ0) is 14.8. The Labute approximate surface area is 123 Å². The molecule has 0 amide bonds. The number of anilines is 1.